The Kier molecular flexibility index (Phi) is 2.70. The number of carbonyl (C=O) groups excluding carboxylic acids is 1. The molecule has 1 amide bonds. The van der Waals surface area contributed by atoms with Gasteiger partial charge in [-0.2, -0.15) is 5.10 Å². The number of nitrogens with zero attached hydrogens (tertiary/aromatic N) is 2. The molecule has 0 spiro atoms. The van der Waals surface area contributed by atoms with Crippen molar-refractivity contribution in [3.8, 4) is 0 Å². The fraction of sp³-hybridized carbons (Fsp3) is 0.556. The minimum Gasteiger partial charge on any atom is -0.323 e. The van der Waals surface area contributed by atoms with Gasteiger partial charge in [0.2, 0.25) is 5.91 Å². The zero-order valence-corrected chi connectivity index (χ0v) is 8.51. The Bertz CT molecular complexity index is 328. The predicted octanol–water partition coefficient (Wildman–Crippen LogP) is 1.48. The lowest BCUT2D eigenvalue weighted by Gasteiger charge is -2.02. The van der Waals surface area contributed by atoms with Gasteiger partial charge in [0.1, 0.15) is 0 Å². The van der Waals surface area contributed by atoms with Crippen LogP contribution < -0.4 is 5.32 Å². The van der Waals surface area contributed by atoms with Crippen LogP contribution in [0.3, 0.4) is 0 Å². The lowest BCUT2D eigenvalue weighted by atomic mass is 10.3. The fourth-order valence-electron chi connectivity index (χ4n) is 1.36. The lowest BCUT2D eigenvalue weighted by Crippen LogP contribution is -2.07. The first-order chi connectivity index (χ1) is 6.06. The monoisotopic (exact) mass is 181 g/mol. The topological polar surface area (TPSA) is 46.9 Å². The maximum Gasteiger partial charge on any atom is 0.221 e. The maximum absolute atomic E-state index is 10.9. The van der Waals surface area contributed by atoms with Gasteiger partial charge in [-0.15, -0.1) is 0 Å². The molecule has 0 radical (unpaired) electrons. The first kappa shape index (κ1) is 9.77. The normalized spacial score (nSPS) is 10.2. The zero-order chi connectivity index (χ0) is 10.0. The highest BCUT2D eigenvalue weighted by molar-refractivity contribution is 5.89. The van der Waals surface area contributed by atoms with Crippen LogP contribution in [0, 0.1) is 13.8 Å². The van der Waals surface area contributed by atoms with Crippen LogP contribution in [-0.4, -0.2) is 15.7 Å². The van der Waals surface area contributed by atoms with Crippen LogP contribution in [0.2, 0.25) is 0 Å². The van der Waals surface area contributed by atoms with Crippen LogP contribution in [0.5, 0.6) is 0 Å². The lowest BCUT2D eigenvalue weighted by molar-refractivity contribution is -0.114. The van der Waals surface area contributed by atoms with E-state index in [1.54, 1.807) is 0 Å². The SMILES string of the molecule is CCn1nc(C)c(NC(C)=O)c1C. The molecule has 0 atom stereocenters. The Hall–Kier alpha value is -1.32. The summed E-state index contributed by atoms with van der Waals surface area (Å²) in [6, 6.07) is 0. The van der Waals surface area contributed by atoms with Crippen molar-refractivity contribution in [1.82, 2.24) is 9.78 Å². The van der Waals surface area contributed by atoms with E-state index in [0.29, 0.717) is 0 Å². The molecule has 0 aromatic carbocycles. The minimum absolute atomic E-state index is 0.0538. The molecule has 4 heteroatoms. The highest BCUT2D eigenvalue weighted by Crippen LogP contribution is 2.18. The summed E-state index contributed by atoms with van der Waals surface area (Å²) < 4.78 is 1.88. The van der Waals surface area contributed by atoms with E-state index in [9.17, 15) is 4.79 Å². The molecule has 1 aromatic rings. The molecule has 0 fully saturated rings. The second kappa shape index (κ2) is 3.60. The first-order valence-electron chi connectivity index (χ1n) is 4.37. The number of aryl methyl sites for hydroxylation is 2. The number of aromatic nitrogens is 2. The number of nitrogens with one attached hydrogen (secondary N) is 1. The molecule has 1 heterocycles. The van der Waals surface area contributed by atoms with Gasteiger partial charge in [-0.3, -0.25) is 9.48 Å². The average molecular weight is 181 g/mol. The smallest absolute Gasteiger partial charge is 0.221 e. The summed E-state index contributed by atoms with van der Waals surface area (Å²) >= 11 is 0. The third-order valence-electron chi connectivity index (χ3n) is 1.98. The molecule has 13 heavy (non-hydrogen) atoms. The van der Waals surface area contributed by atoms with Crippen molar-refractivity contribution in [2.75, 3.05) is 5.32 Å². The van der Waals surface area contributed by atoms with Gasteiger partial charge in [-0.1, -0.05) is 0 Å². The van der Waals surface area contributed by atoms with Crippen LogP contribution in [0.25, 0.3) is 0 Å². The van der Waals surface area contributed by atoms with Crippen LogP contribution in [0.15, 0.2) is 0 Å². The van der Waals surface area contributed by atoms with Gasteiger partial charge in [0.15, 0.2) is 0 Å². The summed E-state index contributed by atoms with van der Waals surface area (Å²) in [6.07, 6.45) is 0. The van der Waals surface area contributed by atoms with Gasteiger partial charge >= 0.3 is 0 Å². The van der Waals surface area contributed by atoms with Gasteiger partial charge in [0.25, 0.3) is 0 Å². The second-order valence-corrected chi connectivity index (χ2v) is 3.04. The van der Waals surface area contributed by atoms with E-state index in [0.717, 1.165) is 23.6 Å². The highest BCUT2D eigenvalue weighted by Gasteiger charge is 2.10. The average Bonchev–Trinajstić information content (AvgIpc) is 2.31. The molecule has 1 rings (SSSR count). The molecule has 0 saturated heterocycles. The molecule has 0 saturated carbocycles. The third kappa shape index (κ3) is 1.88. The van der Waals surface area contributed by atoms with E-state index in [-0.39, 0.29) is 5.91 Å². The predicted molar refractivity (Wildman–Crippen MR) is 51.7 cm³/mol. The Morgan fingerprint density at radius 2 is 2.15 bits per heavy atom. The van der Waals surface area contributed by atoms with E-state index in [2.05, 4.69) is 10.4 Å². The van der Waals surface area contributed by atoms with Crippen LogP contribution in [0.1, 0.15) is 25.2 Å². The van der Waals surface area contributed by atoms with Crippen molar-refractivity contribution < 1.29 is 4.79 Å². The Morgan fingerprint density at radius 1 is 1.54 bits per heavy atom. The maximum atomic E-state index is 10.9. The number of carbonyl (C=O) groups is 1. The standard InChI is InChI=1S/C9H15N3O/c1-5-12-7(3)9(6(2)11-12)10-8(4)13/h5H2,1-4H3,(H,10,13). The number of rotatable bonds is 2. The first-order valence-corrected chi connectivity index (χ1v) is 4.37. The van der Waals surface area contributed by atoms with Gasteiger partial charge < -0.3 is 5.32 Å². The summed E-state index contributed by atoms with van der Waals surface area (Å²) in [7, 11) is 0. The number of anilines is 1. The Morgan fingerprint density at radius 3 is 2.54 bits per heavy atom. The quantitative estimate of drug-likeness (QED) is 0.751. The third-order valence-corrected chi connectivity index (χ3v) is 1.98. The van der Waals surface area contributed by atoms with Crippen molar-refractivity contribution in [3.05, 3.63) is 11.4 Å². The summed E-state index contributed by atoms with van der Waals surface area (Å²) in [4.78, 5) is 10.9. The van der Waals surface area contributed by atoms with E-state index >= 15 is 0 Å². The molecule has 1 N–H and O–H groups in total. The Labute approximate surface area is 77.9 Å². The summed E-state index contributed by atoms with van der Waals surface area (Å²) in [6.45, 7) is 8.20. The number of hydrogen-bond donors (Lipinski definition) is 1. The molecule has 4 nitrogen and oxygen atoms in total. The molecule has 0 aliphatic carbocycles. The van der Waals surface area contributed by atoms with Gasteiger partial charge in [-0.05, 0) is 20.8 Å². The summed E-state index contributed by atoms with van der Waals surface area (Å²) in [5.74, 6) is -0.0538. The van der Waals surface area contributed by atoms with Crippen molar-refractivity contribution in [2.45, 2.75) is 34.2 Å². The zero-order valence-electron chi connectivity index (χ0n) is 8.51. The molecule has 0 unspecified atom stereocenters. The Balaban J connectivity index is 3.05. The van der Waals surface area contributed by atoms with Gasteiger partial charge in [-0.25, -0.2) is 0 Å². The van der Waals surface area contributed by atoms with Crippen molar-refractivity contribution in [2.24, 2.45) is 0 Å². The van der Waals surface area contributed by atoms with E-state index in [4.69, 9.17) is 0 Å². The van der Waals surface area contributed by atoms with E-state index in [1.807, 2.05) is 25.5 Å². The minimum atomic E-state index is -0.0538. The largest absolute Gasteiger partial charge is 0.323 e. The van der Waals surface area contributed by atoms with Crippen molar-refractivity contribution in [1.29, 1.82) is 0 Å². The van der Waals surface area contributed by atoms with Gasteiger partial charge in [0, 0.05) is 13.5 Å². The van der Waals surface area contributed by atoms with E-state index in [1.165, 1.54) is 6.92 Å². The second-order valence-electron chi connectivity index (χ2n) is 3.04. The molecule has 0 bridgehead atoms. The summed E-state index contributed by atoms with van der Waals surface area (Å²) in [5.41, 5.74) is 2.72. The van der Waals surface area contributed by atoms with Crippen LogP contribution in [-0.2, 0) is 11.3 Å². The number of amides is 1. The number of hydrogen-bond acceptors (Lipinski definition) is 2. The van der Waals surface area contributed by atoms with E-state index < -0.39 is 0 Å². The van der Waals surface area contributed by atoms with Crippen LogP contribution in [0.4, 0.5) is 5.69 Å². The fourth-order valence-corrected chi connectivity index (χ4v) is 1.36. The molecule has 1 aromatic heterocycles. The van der Waals surface area contributed by atoms with Crippen LogP contribution >= 0.6 is 0 Å². The summed E-state index contributed by atoms with van der Waals surface area (Å²) in [5, 5.41) is 7.06. The van der Waals surface area contributed by atoms with Crippen molar-refractivity contribution >= 4 is 11.6 Å². The molecule has 0 aliphatic heterocycles. The molecular weight excluding hydrogens is 166 g/mol. The van der Waals surface area contributed by atoms with Crippen molar-refractivity contribution in [3.63, 3.8) is 0 Å². The highest BCUT2D eigenvalue weighted by atomic mass is 16.1. The molecule has 0 aliphatic rings. The molecule has 72 valence electrons. The van der Waals surface area contributed by atoms with Gasteiger partial charge in [0.05, 0.1) is 17.1 Å². The molecular formula is C9H15N3O.